The number of nitrogens with zero attached hydrogens (tertiary/aromatic N) is 4. The van der Waals surface area contributed by atoms with E-state index in [0.29, 0.717) is 16.9 Å². The number of aromatic nitrogens is 2. The largest absolute Gasteiger partial charge is 0.478 e. The predicted octanol–water partition coefficient (Wildman–Crippen LogP) is 3.80. The topological polar surface area (TPSA) is 143 Å². The molecule has 0 saturated carbocycles. The second kappa shape index (κ2) is 7.27. The zero-order chi connectivity index (χ0) is 20.4. The Hall–Kier alpha value is -4.08. The lowest BCUT2D eigenvalue weighted by Crippen LogP contribution is -2.14. The van der Waals surface area contributed by atoms with Gasteiger partial charge in [-0.15, -0.1) is 10.2 Å². The Balaban J connectivity index is 2.03. The molecule has 142 valence electrons. The Morgan fingerprint density at radius 2 is 1.93 bits per heavy atom. The van der Waals surface area contributed by atoms with Gasteiger partial charge in [-0.1, -0.05) is 12.1 Å². The van der Waals surface area contributed by atoms with Gasteiger partial charge in [-0.3, -0.25) is 20.0 Å². The van der Waals surface area contributed by atoms with E-state index in [2.05, 4.69) is 15.3 Å². The van der Waals surface area contributed by atoms with Crippen molar-refractivity contribution in [3.63, 3.8) is 0 Å². The van der Waals surface area contributed by atoms with Gasteiger partial charge in [0.25, 0.3) is 11.2 Å². The highest BCUT2D eigenvalue weighted by Crippen LogP contribution is 2.29. The van der Waals surface area contributed by atoms with E-state index in [1.807, 2.05) is 0 Å². The number of nitro benzene ring substituents is 1. The highest BCUT2D eigenvalue weighted by atomic mass is 16.6. The van der Waals surface area contributed by atoms with Crippen molar-refractivity contribution < 1.29 is 14.8 Å². The number of carboxylic acids is 1. The third-order valence-corrected chi connectivity index (χ3v) is 3.98. The van der Waals surface area contributed by atoms with Gasteiger partial charge in [-0.2, -0.15) is 0 Å². The van der Waals surface area contributed by atoms with E-state index in [1.54, 1.807) is 26.0 Å². The average Bonchev–Trinajstić information content (AvgIpc) is 2.94. The molecule has 10 nitrogen and oxygen atoms in total. The van der Waals surface area contributed by atoms with Crippen LogP contribution in [0, 0.1) is 24.0 Å². The summed E-state index contributed by atoms with van der Waals surface area (Å²) >= 11 is 0. The quantitative estimate of drug-likeness (QED) is 0.392. The number of H-pyrrole nitrogens is 1. The van der Waals surface area contributed by atoms with Gasteiger partial charge in [0.15, 0.2) is 11.4 Å². The molecule has 0 atom stereocenters. The number of hydrogen-bond acceptors (Lipinski definition) is 6. The molecule has 2 N–H and O–H groups in total. The van der Waals surface area contributed by atoms with Gasteiger partial charge in [0.05, 0.1) is 21.9 Å². The maximum Gasteiger partial charge on any atom is 0.335 e. The standard InChI is InChI=1S/C18H15N5O5/c1-10-6-7-14(15(8-10)23(27)28)19-20-16-11(2)21-22(17(16)24)13-5-3-4-12(9-13)18(25)26/h3-9,21H,1-2H3,(H,25,26). The summed E-state index contributed by atoms with van der Waals surface area (Å²) in [5, 5.41) is 30.8. The Morgan fingerprint density at radius 3 is 2.61 bits per heavy atom. The van der Waals surface area contributed by atoms with Gasteiger partial charge < -0.3 is 5.11 Å². The lowest BCUT2D eigenvalue weighted by atomic mass is 10.2. The minimum absolute atomic E-state index is 0.0232. The van der Waals surface area contributed by atoms with Gasteiger partial charge in [0.1, 0.15) is 0 Å². The lowest BCUT2D eigenvalue weighted by molar-refractivity contribution is -0.384. The number of hydrogen-bond donors (Lipinski definition) is 2. The molecule has 0 unspecified atom stereocenters. The molecule has 0 amide bonds. The van der Waals surface area contributed by atoms with Crippen LogP contribution in [0.15, 0.2) is 57.5 Å². The van der Waals surface area contributed by atoms with Crippen LogP contribution in [0.2, 0.25) is 0 Å². The van der Waals surface area contributed by atoms with Gasteiger partial charge in [-0.25, -0.2) is 9.48 Å². The number of nitro groups is 1. The van der Waals surface area contributed by atoms with E-state index in [9.17, 15) is 19.7 Å². The number of carboxylic acid groups (broad SMARTS) is 1. The summed E-state index contributed by atoms with van der Waals surface area (Å²) in [6.45, 7) is 3.31. The normalized spacial score (nSPS) is 11.1. The number of benzene rings is 2. The summed E-state index contributed by atoms with van der Waals surface area (Å²) < 4.78 is 1.14. The minimum Gasteiger partial charge on any atom is -0.478 e. The van der Waals surface area contributed by atoms with E-state index in [-0.39, 0.29) is 22.6 Å². The van der Waals surface area contributed by atoms with Crippen LogP contribution in [0.5, 0.6) is 0 Å². The van der Waals surface area contributed by atoms with Crippen LogP contribution in [0.25, 0.3) is 5.69 Å². The molecule has 0 fully saturated rings. The molecule has 1 heterocycles. The van der Waals surface area contributed by atoms with Gasteiger partial charge in [0.2, 0.25) is 0 Å². The molecular weight excluding hydrogens is 366 g/mol. The van der Waals surface area contributed by atoms with Crippen molar-refractivity contribution in [2.24, 2.45) is 10.2 Å². The van der Waals surface area contributed by atoms with Gasteiger partial charge >= 0.3 is 5.97 Å². The number of aromatic carboxylic acids is 1. The lowest BCUT2D eigenvalue weighted by Gasteiger charge is -2.02. The molecule has 0 aliphatic rings. The van der Waals surface area contributed by atoms with Crippen LogP contribution in [0.4, 0.5) is 17.1 Å². The van der Waals surface area contributed by atoms with E-state index in [4.69, 9.17) is 5.11 Å². The molecule has 0 aliphatic carbocycles. The van der Waals surface area contributed by atoms with Gasteiger partial charge in [-0.05, 0) is 43.7 Å². The Labute approximate surface area is 157 Å². The molecular formula is C18H15N5O5. The van der Waals surface area contributed by atoms with Crippen LogP contribution < -0.4 is 5.56 Å². The third kappa shape index (κ3) is 3.56. The van der Waals surface area contributed by atoms with Crippen molar-refractivity contribution in [1.82, 2.24) is 9.78 Å². The molecule has 0 spiro atoms. The fraction of sp³-hybridized carbons (Fsp3) is 0.111. The van der Waals surface area contributed by atoms with Crippen LogP contribution in [-0.4, -0.2) is 25.8 Å². The van der Waals surface area contributed by atoms with E-state index in [1.165, 1.54) is 30.3 Å². The first-order valence-corrected chi connectivity index (χ1v) is 8.10. The molecule has 0 aliphatic heterocycles. The average molecular weight is 381 g/mol. The SMILES string of the molecule is Cc1ccc(N=Nc2c(C)[nH]n(-c3cccc(C(=O)O)c3)c2=O)c([N+](=O)[O-])c1. The highest BCUT2D eigenvalue weighted by Gasteiger charge is 2.16. The third-order valence-electron chi connectivity index (χ3n) is 3.98. The van der Waals surface area contributed by atoms with Crippen molar-refractivity contribution in [3.05, 3.63) is 79.8 Å². The van der Waals surface area contributed by atoms with Crippen LogP contribution in [-0.2, 0) is 0 Å². The molecule has 2 aromatic carbocycles. The summed E-state index contributed by atoms with van der Waals surface area (Å²) in [6, 6.07) is 10.3. The molecule has 0 saturated heterocycles. The minimum atomic E-state index is -1.12. The predicted molar refractivity (Wildman–Crippen MR) is 100 cm³/mol. The van der Waals surface area contributed by atoms with Crippen molar-refractivity contribution in [2.75, 3.05) is 0 Å². The number of rotatable bonds is 5. The number of nitrogens with one attached hydrogen (secondary N) is 1. The van der Waals surface area contributed by atoms with E-state index < -0.39 is 16.5 Å². The molecule has 28 heavy (non-hydrogen) atoms. The highest BCUT2D eigenvalue weighted by molar-refractivity contribution is 5.88. The first-order chi connectivity index (χ1) is 13.3. The Bertz CT molecular complexity index is 1180. The zero-order valence-corrected chi connectivity index (χ0v) is 14.9. The number of aromatic amines is 1. The number of aryl methyl sites for hydroxylation is 2. The Kier molecular flexibility index (Phi) is 4.86. The van der Waals surface area contributed by atoms with Crippen LogP contribution >= 0.6 is 0 Å². The van der Waals surface area contributed by atoms with Crippen molar-refractivity contribution in [1.29, 1.82) is 0 Å². The van der Waals surface area contributed by atoms with Crippen molar-refractivity contribution in [2.45, 2.75) is 13.8 Å². The van der Waals surface area contributed by atoms with E-state index in [0.717, 1.165) is 4.68 Å². The maximum atomic E-state index is 12.7. The molecule has 0 radical (unpaired) electrons. The first kappa shape index (κ1) is 18.7. The molecule has 3 aromatic rings. The maximum absolute atomic E-state index is 12.7. The Morgan fingerprint density at radius 1 is 1.18 bits per heavy atom. The molecule has 10 heteroatoms. The second-order valence-corrected chi connectivity index (χ2v) is 6.03. The number of azo groups is 1. The second-order valence-electron chi connectivity index (χ2n) is 6.03. The summed E-state index contributed by atoms with van der Waals surface area (Å²) in [7, 11) is 0. The summed E-state index contributed by atoms with van der Waals surface area (Å²) in [6.07, 6.45) is 0. The summed E-state index contributed by atoms with van der Waals surface area (Å²) in [4.78, 5) is 34.4. The fourth-order valence-electron chi connectivity index (χ4n) is 2.58. The fourth-order valence-corrected chi connectivity index (χ4v) is 2.58. The first-order valence-electron chi connectivity index (χ1n) is 8.10. The van der Waals surface area contributed by atoms with Gasteiger partial charge in [0, 0.05) is 6.07 Å². The van der Waals surface area contributed by atoms with Crippen LogP contribution in [0.3, 0.4) is 0 Å². The molecule has 3 rings (SSSR count). The van der Waals surface area contributed by atoms with Crippen molar-refractivity contribution in [3.8, 4) is 5.69 Å². The molecule has 0 bridgehead atoms. The number of carbonyl (C=O) groups is 1. The summed E-state index contributed by atoms with van der Waals surface area (Å²) in [5.41, 5.74) is 0.634. The van der Waals surface area contributed by atoms with Crippen LogP contribution in [0.1, 0.15) is 21.6 Å². The van der Waals surface area contributed by atoms with E-state index >= 15 is 0 Å². The summed E-state index contributed by atoms with van der Waals surface area (Å²) in [5.74, 6) is -1.12. The smallest absolute Gasteiger partial charge is 0.335 e. The van der Waals surface area contributed by atoms with Crippen molar-refractivity contribution >= 4 is 23.0 Å². The monoisotopic (exact) mass is 381 g/mol. The molecule has 1 aromatic heterocycles. The zero-order valence-electron chi connectivity index (χ0n) is 14.9.